The second-order valence-electron chi connectivity index (χ2n) is 8.17. The molecule has 1 aliphatic rings. The van der Waals surface area contributed by atoms with Gasteiger partial charge in [0.05, 0.1) is 24.8 Å². The molecule has 0 unspecified atom stereocenters. The lowest BCUT2D eigenvalue weighted by molar-refractivity contribution is 0.0313. The minimum Gasteiger partial charge on any atom is -0.472 e. The van der Waals surface area contributed by atoms with E-state index in [1.54, 1.807) is 47.4 Å². The summed E-state index contributed by atoms with van der Waals surface area (Å²) in [6.45, 7) is 6.21. The van der Waals surface area contributed by atoms with Gasteiger partial charge in [0, 0.05) is 38.1 Å². The molecule has 0 aliphatic carbocycles. The van der Waals surface area contributed by atoms with Gasteiger partial charge in [-0.05, 0) is 37.6 Å². The van der Waals surface area contributed by atoms with Crippen LogP contribution in [0.25, 0.3) is 6.08 Å². The van der Waals surface area contributed by atoms with Gasteiger partial charge in [-0.25, -0.2) is 4.98 Å². The van der Waals surface area contributed by atoms with Crippen molar-refractivity contribution in [1.82, 2.24) is 19.8 Å². The van der Waals surface area contributed by atoms with Crippen LogP contribution in [0.5, 0.6) is 5.88 Å². The maximum absolute atomic E-state index is 13.3. The first kappa shape index (κ1) is 23.4. The molecule has 32 heavy (non-hydrogen) atoms. The predicted molar refractivity (Wildman–Crippen MR) is 121 cm³/mol. The molecule has 2 aromatic heterocycles. The molecule has 8 heteroatoms. The first-order valence-electron chi connectivity index (χ1n) is 10.7. The maximum atomic E-state index is 13.3. The van der Waals surface area contributed by atoms with E-state index in [0.717, 1.165) is 5.56 Å². The fraction of sp³-hybridized carbons (Fsp3) is 0.417. The average molecular weight is 439 g/mol. The summed E-state index contributed by atoms with van der Waals surface area (Å²) in [4.78, 5) is 37.8. The summed E-state index contributed by atoms with van der Waals surface area (Å²) in [6, 6.07) is 4.83. The number of rotatable bonds is 6. The summed E-state index contributed by atoms with van der Waals surface area (Å²) in [6.07, 6.45) is 8.13. The summed E-state index contributed by atoms with van der Waals surface area (Å²) in [5.41, 5.74) is 1.63. The molecule has 8 nitrogen and oxygen atoms in total. The molecule has 3 heterocycles. The van der Waals surface area contributed by atoms with Crippen LogP contribution in [0, 0.1) is 5.92 Å². The van der Waals surface area contributed by atoms with E-state index < -0.39 is 6.10 Å². The van der Waals surface area contributed by atoms with E-state index in [4.69, 9.17) is 4.74 Å². The molecule has 0 aromatic carbocycles. The van der Waals surface area contributed by atoms with Crippen molar-refractivity contribution in [2.24, 2.45) is 5.92 Å². The van der Waals surface area contributed by atoms with Gasteiger partial charge in [-0.3, -0.25) is 14.6 Å². The van der Waals surface area contributed by atoms with Crippen LogP contribution < -0.4 is 4.74 Å². The molecule has 1 aliphatic heterocycles. The summed E-state index contributed by atoms with van der Waals surface area (Å²) < 4.78 is 6.22. The number of carbonyl (C=O) groups is 2. The smallest absolute Gasteiger partial charge is 0.259 e. The van der Waals surface area contributed by atoms with E-state index in [9.17, 15) is 14.7 Å². The molecule has 2 aromatic rings. The van der Waals surface area contributed by atoms with E-state index >= 15 is 0 Å². The topological polar surface area (TPSA) is 95.9 Å². The molecule has 0 fully saturated rings. The molecular weight excluding hydrogens is 408 g/mol. The molecule has 0 bridgehead atoms. The van der Waals surface area contributed by atoms with E-state index in [1.807, 2.05) is 32.9 Å². The molecule has 170 valence electrons. The van der Waals surface area contributed by atoms with Crippen LogP contribution in [0.2, 0.25) is 0 Å². The zero-order valence-electron chi connectivity index (χ0n) is 18.9. The number of aliphatic hydroxyl groups excluding tert-OH is 1. The largest absolute Gasteiger partial charge is 0.472 e. The standard InChI is InChI=1S/C24H30N4O4/c1-5-7-18-10-20-22(26-11-18)32-21(16(2)13-28(24(20)31)17(3)15-29)14-27(4)23(30)19-8-6-9-25-12-19/h5-12,16-17,21,29H,13-15H2,1-4H3/b7-5+/t16-,17+,21+/m0/s1. The van der Waals surface area contributed by atoms with Gasteiger partial charge >= 0.3 is 0 Å². The summed E-state index contributed by atoms with van der Waals surface area (Å²) in [5.74, 6) is -0.269. The summed E-state index contributed by atoms with van der Waals surface area (Å²) in [7, 11) is 1.72. The van der Waals surface area contributed by atoms with Crippen molar-refractivity contribution in [1.29, 1.82) is 0 Å². The van der Waals surface area contributed by atoms with Crippen molar-refractivity contribution in [3.8, 4) is 5.88 Å². The molecule has 2 amide bonds. The Morgan fingerprint density at radius 3 is 2.88 bits per heavy atom. The fourth-order valence-corrected chi connectivity index (χ4v) is 3.68. The number of allylic oxidation sites excluding steroid dienone is 1. The van der Waals surface area contributed by atoms with E-state index in [0.29, 0.717) is 24.2 Å². The number of carbonyl (C=O) groups excluding carboxylic acids is 2. The van der Waals surface area contributed by atoms with Crippen LogP contribution in [-0.4, -0.2) is 75.6 Å². The van der Waals surface area contributed by atoms with Gasteiger partial charge in [0.1, 0.15) is 11.7 Å². The van der Waals surface area contributed by atoms with Gasteiger partial charge in [-0.1, -0.05) is 19.1 Å². The second-order valence-corrected chi connectivity index (χ2v) is 8.17. The van der Waals surface area contributed by atoms with Gasteiger partial charge in [-0.15, -0.1) is 0 Å². The Kier molecular flexibility index (Phi) is 7.58. The predicted octanol–water partition coefficient (Wildman–Crippen LogP) is 2.50. The van der Waals surface area contributed by atoms with Gasteiger partial charge in [-0.2, -0.15) is 0 Å². The number of aromatic nitrogens is 2. The Morgan fingerprint density at radius 2 is 2.22 bits per heavy atom. The maximum Gasteiger partial charge on any atom is 0.259 e. The Labute approximate surface area is 188 Å². The Bertz CT molecular complexity index is 979. The van der Waals surface area contributed by atoms with Crippen molar-refractivity contribution in [3.05, 3.63) is 59.6 Å². The van der Waals surface area contributed by atoms with Crippen LogP contribution in [0.4, 0.5) is 0 Å². The number of fused-ring (bicyclic) bond motifs is 1. The third kappa shape index (κ3) is 5.13. The molecular formula is C24H30N4O4. The van der Waals surface area contributed by atoms with E-state index in [2.05, 4.69) is 9.97 Å². The van der Waals surface area contributed by atoms with E-state index in [1.165, 1.54) is 6.20 Å². The fourth-order valence-electron chi connectivity index (χ4n) is 3.68. The highest BCUT2D eigenvalue weighted by Gasteiger charge is 2.34. The van der Waals surface area contributed by atoms with Crippen molar-refractivity contribution in [2.45, 2.75) is 32.9 Å². The van der Waals surface area contributed by atoms with Crippen LogP contribution in [0.15, 0.2) is 42.9 Å². The lowest BCUT2D eigenvalue weighted by Gasteiger charge is -2.37. The number of nitrogens with zero attached hydrogens (tertiary/aromatic N) is 4. The van der Waals surface area contributed by atoms with Gasteiger partial charge < -0.3 is 19.6 Å². The number of hydrogen-bond donors (Lipinski definition) is 1. The number of hydrogen-bond acceptors (Lipinski definition) is 6. The van der Waals surface area contributed by atoms with Gasteiger partial charge in [0.15, 0.2) is 0 Å². The first-order chi connectivity index (χ1) is 15.3. The molecule has 0 saturated carbocycles. The molecule has 3 atom stereocenters. The first-order valence-corrected chi connectivity index (χ1v) is 10.7. The molecule has 0 spiro atoms. The normalized spacial score (nSPS) is 19.7. The van der Waals surface area contributed by atoms with Crippen LogP contribution in [-0.2, 0) is 0 Å². The zero-order chi connectivity index (χ0) is 23.3. The van der Waals surface area contributed by atoms with Crippen molar-refractivity contribution < 1.29 is 19.4 Å². The SMILES string of the molecule is C/C=C/c1cnc2c(c1)C(=O)N([C@H](C)CO)C[C@H](C)[C@@H](CN(C)C(=O)c1cccnc1)O2. The summed E-state index contributed by atoms with van der Waals surface area (Å²) in [5, 5.41) is 9.74. The zero-order valence-corrected chi connectivity index (χ0v) is 18.9. The number of likely N-dealkylation sites (N-methyl/N-ethyl adjacent to an activating group) is 1. The molecule has 3 rings (SSSR count). The monoisotopic (exact) mass is 438 g/mol. The molecule has 0 radical (unpaired) electrons. The van der Waals surface area contributed by atoms with Gasteiger partial charge in [0.2, 0.25) is 5.88 Å². The third-order valence-corrected chi connectivity index (χ3v) is 5.61. The van der Waals surface area contributed by atoms with Crippen LogP contribution >= 0.6 is 0 Å². The van der Waals surface area contributed by atoms with Crippen molar-refractivity contribution in [2.75, 3.05) is 26.7 Å². The highest BCUT2D eigenvalue weighted by Crippen LogP contribution is 2.27. The number of aliphatic hydroxyl groups is 1. The Balaban J connectivity index is 1.93. The Hall–Kier alpha value is -3.26. The second kappa shape index (κ2) is 10.4. The number of amides is 2. The number of ether oxygens (including phenoxy) is 1. The van der Waals surface area contributed by atoms with Crippen LogP contribution in [0.3, 0.4) is 0 Å². The van der Waals surface area contributed by atoms with E-state index in [-0.39, 0.29) is 36.3 Å². The quantitative estimate of drug-likeness (QED) is 0.745. The lowest BCUT2D eigenvalue weighted by Crippen LogP contribution is -2.50. The minimum atomic E-state index is -0.402. The molecule has 1 N–H and O–H groups in total. The third-order valence-electron chi connectivity index (χ3n) is 5.61. The van der Waals surface area contributed by atoms with Crippen LogP contribution in [0.1, 0.15) is 47.1 Å². The highest BCUT2D eigenvalue weighted by atomic mass is 16.5. The Morgan fingerprint density at radius 1 is 1.44 bits per heavy atom. The van der Waals surface area contributed by atoms with Crippen molar-refractivity contribution in [3.63, 3.8) is 0 Å². The molecule has 0 saturated heterocycles. The number of pyridine rings is 2. The van der Waals surface area contributed by atoms with Gasteiger partial charge in [0.25, 0.3) is 11.8 Å². The minimum absolute atomic E-state index is 0.109. The lowest BCUT2D eigenvalue weighted by atomic mass is 9.99. The average Bonchev–Trinajstić information content (AvgIpc) is 2.81. The highest BCUT2D eigenvalue weighted by molar-refractivity contribution is 5.97. The summed E-state index contributed by atoms with van der Waals surface area (Å²) >= 11 is 0. The van der Waals surface area contributed by atoms with Crippen molar-refractivity contribution >= 4 is 17.9 Å².